The molecule has 0 spiro atoms. The molecule has 1 aliphatic heterocycles. The van der Waals surface area contributed by atoms with Crippen LogP contribution in [0.5, 0.6) is 0 Å². The molecule has 1 saturated heterocycles. The van der Waals surface area contributed by atoms with Gasteiger partial charge in [0.15, 0.2) is 0 Å². The average Bonchev–Trinajstić information content (AvgIpc) is 2.28. The molecule has 92 valence electrons. The molecular formula is C10H18N2O4. The summed E-state index contributed by atoms with van der Waals surface area (Å²) in [4.78, 5) is 24.3. The average molecular weight is 230 g/mol. The van der Waals surface area contributed by atoms with Crippen molar-refractivity contribution in [3.63, 3.8) is 0 Å². The van der Waals surface area contributed by atoms with E-state index < -0.39 is 11.5 Å². The Morgan fingerprint density at radius 2 is 2.00 bits per heavy atom. The third-order valence-electron chi connectivity index (χ3n) is 2.75. The van der Waals surface area contributed by atoms with Crippen molar-refractivity contribution in [3.8, 4) is 0 Å². The van der Waals surface area contributed by atoms with Crippen molar-refractivity contribution in [2.45, 2.75) is 18.4 Å². The van der Waals surface area contributed by atoms with Gasteiger partial charge in [0, 0.05) is 20.3 Å². The summed E-state index contributed by atoms with van der Waals surface area (Å²) >= 11 is 0. The van der Waals surface area contributed by atoms with Crippen molar-refractivity contribution in [1.29, 1.82) is 0 Å². The normalized spacial score (nSPS) is 18.9. The van der Waals surface area contributed by atoms with Crippen molar-refractivity contribution in [2.24, 2.45) is 5.73 Å². The summed E-state index contributed by atoms with van der Waals surface area (Å²) in [5, 5.41) is 0. The maximum atomic E-state index is 12.0. The van der Waals surface area contributed by atoms with Crippen molar-refractivity contribution in [1.82, 2.24) is 4.90 Å². The fourth-order valence-electron chi connectivity index (χ4n) is 1.66. The highest BCUT2D eigenvalue weighted by Crippen LogP contribution is 2.19. The molecule has 0 bridgehead atoms. The van der Waals surface area contributed by atoms with Gasteiger partial charge in [-0.05, 0) is 12.8 Å². The van der Waals surface area contributed by atoms with E-state index in [4.69, 9.17) is 10.5 Å². The lowest BCUT2D eigenvalue weighted by Gasteiger charge is -2.34. The van der Waals surface area contributed by atoms with Gasteiger partial charge in [-0.25, -0.2) is 0 Å². The first-order chi connectivity index (χ1) is 7.49. The topological polar surface area (TPSA) is 81.9 Å². The molecule has 1 fully saturated rings. The minimum absolute atomic E-state index is 0.0743. The van der Waals surface area contributed by atoms with Gasteiger partial charge in [0.05, 0.1) is 12.6 Å². The quantitative estimate of drug-likeness (QED) is 0.637. The smallest absolute Gasteiger partial charge is 0.325 e. The van der Waals surface area contributed by atoms with Crippen LogP contribution < -0.4 is 5.73 Å². The van der Waals surface area contributed by atoms with E-state index in [2.05, 4.69) is 4.74 Å². The summed E-state index contributed by atoms with van der Waals surface area (Å²) in [6.07, 6.45) is 0.967. The Morgan fingerprint density at radius 3 is 2.50 bits per heavy atom. The van der Waals surface area contributed by atoms with Gasteiger partial charge < -0.3 is 20.1 Å². The SMILES string of the molecule is COC(=O)CN(C)C(=O)C1(N)CCOCC1. The second-order valence-electron chi connectivity index (χ2n) is 4.01. The van der Waals surface area contributed by atoms with Crippen LogP contribution in [-0.2, 0) is 19.1 Å². The molecule has 1 aliphatic rings. The van der Waals surface area contributed by atoms with Gasteiger partial charge in [0.25, 0.3) is 0 Å². The fraction of sp³-hybridized carbons (Fsp3) is 0.800. The van der Waals surface area contributed by atoms with Crippen molar-refractivity contribution in [2.75, 3.05) is 33.9 Å². The predicted molar refractivity (Wildman–Crippen MR) is 56.6 cm³/mol. The van der Waals surface area contributed by atoms with E-state index in [1.807, 2.05) is 0 Å². The Bertz CT molecular complexity index is 274. The fourth-order valence-corrected chi connectivity index (χ4v) is 1.66. The van der Waals surface area contributed by atoms with Crippen LogP contribution in [0.3, 0.4) is 0 Å². The standard InChI is InChI=1S/C10H18N2O4/c1-12(7-8(13)15-2)9(14)10(11)3-5-16-6-4-10/h3-7,11H2,1-2H3. The van der Waals surface area contributed by atoms with Gasteiger partial charge in [0.2, 0.25) is 5.91 Å². The maximum absolute atomic E-state index is 12.0. The van der Waals surface area contributed by atoms with Gasteiger partial charge in [-0.15, -0.1) is 0 Å². The second kappa shape index (κ2) is 5.27. The summed E-state index contributed by atoms with van der Waals surface area (Å²) in [7, 11) is 2.83. The van der Waals surface area contributed by atoms with Crippen LogP contribution in [0.4, 0.5) is 0 Å². The monoisotopic (exact) mass is 230 g/mol. The molecule has 16 heavy (non-hydrogen) atoms. The van der Waals surface area contributed by atoms with E-state index in [1.165, 1.54) is 12.0 Å². The molecule has 0 saturated carbocycles. The van der Waals surface area contributed by atoms with Crippen LogP contribution >= 0.6 is 0 Å². The number of amides is 1. The van der Waals surface area contributed by atoms with Crippen LogP contribution in [0, 0.1) is 0 Å². The Morgan fingerprint density at radius 1 is 1.44 bits per heavy atom. The maximum Gasteiger partial charge on any atom is 0.325 e. The van der Waals surface area contributed by atoms with E-state index in [0.29, 0.717) is 26.1 Å². The zero-order chi connectivity index (χ0) is 12.2. The van der Waals surface area contributed by atoms with E-state index in [9.17, 15) is 9.59 Å². The first-order valence-corrected chi connectivity index (χ1v) is 5.18. The number of esters is 1. The van der Waals surface area contributed by atoms with Gasteiger partial charge in [0.1, 0.15) is 6.54 Å². The number of methoxy groups -OCH3 is 1. The first-order valence-electron chi connectivity index (χ1n) is 5.18. The number of nitrogens with two attached hydrogens (primary N) is 1. The number of hydrogen-bond acceptors (Lipinski definition) is 5. The molecule has 0 atom stereocenters. The molecule has 1 amide bonds. The molecule has 6 nitrogen and oxygen atoms in total. The van der Waals surface area contributed by atoms with Crippen LogP contribution in [-0.4, -0.2) is 56.2 Å². The van der Waals surface area contributed by atoms with E-state index in [0.717, 1.165) is 0 Å². The number of carbonyl (C=O) groups is 2. The molecular weight excluding hydrogens is 212 g/mol. The molecule has 0 aromatic rings. The Balaban J connectivity index is 2.58. The molecule has 0 aromatic carbocycles. The van der Waals surface area contributed by atoms with E-state index >= 15 is 0 Å². The van der Waals surface area contributed by atoms with Gasteiger partial charge >= 0.3 is 5.97 Å². The van der Waals surface area contributed by atoms with Gasteiger partial charge in [-0.1, -0.05) is 0 Å². The first kappa shape index (κ1) is 12.9. The lowest BCUT2D eigenvalue weighted by Crippen LogP contribution is -2.57. The summed E-state index contributed by atoms with van der Waals surface area (Å²) in [5.74, 6) is -0.687. The Hall–Kier alpha value is -1.14. The Labute approximate surface area is 94.7 Å². The summed E-state index contributed by atoms with van der Waals surface area (Å²) < 4.78 is 9.65. The Kier molecular flexibility index (Phi) is 4.26. The highest BCUT2D eigenvalue weighted by atomic mass is 16.5. The predicted octanol–water partition coefficient (Wildman–Crippen LogP) is -0.874. The molecule has 2 N–H and O–H groups in total. The van der Waals surface area contributed by atoms with Crippen molar-refractivity contribution < 1.29 is 19.1 Å². The van der Waals surface area contributed by atoms with E-state index in [-0.39, 0.29) is 12.5 Å². The highest BCUT2D eigenvalue weighted by molar-refractivity contribution is 5.88. The van der Waals surface area contributed by atoms with Crippen LogP contribution in [0.2, 0.25) is 0 Å². The summed E-state index contributed by atoms with van der Waals surface area (Å²) in [6.45, 7) is 0.887. The summed E-state index contributed by atoms with van der Waals surface area (Å²) in [6, 6.07) is 0. The number of ether oxygens (including phenoxy) is 2. The van der Waals surface area contributed by atoms with E-state index in [1.54, 1.807) is 7.05 Å². The molecule has 1 rings (SSSR count). The lowest BCUT2D eigenvalue weighted by atomic mass is 9.90. The molecule has 0 radical (unpaired) electrons. The third-order valence-corrected chi connectivity index (χ3v) is 2.75. The van der Waals surface area contributed by atoms with Crippen LogP contribution in [0.15, 0.2) is 0 Å². The third kappa shape index (κ3) is 2.93. The molecule has 0 unspecified atom stereocenters. The van der Waals surface area contributed by atoms with Crippen LogP contribution in [0.25, 0.3) is 0 Å². The number of rotatable bonds is 3. The van der Waals surface area contributed by atoms with Crippen molar-refractivity contribution in [3.05, 3.63) is 0 Å². The minimum atomic E-state index is -0.902. The molecule has 0 aliphatic carbocycles. The molecule has 1 heterocycles. The van der Waals surface area contributed by atoms with Crippen LogP contribution in [0.1, 0.15) is 12.8 Å². The number of likely N-dealkylation sites (N-methyl/N-ethyl adjacent to an activating group) is 1. The van der Waals surface area contributed by atoms with Gasteiger partial charge in [-0.2, -0.15) is 0 Å². The second-order valence-corrected chi connectivity index (χ2v) is 4.01. The summed E-state index contributed by atoms with van der Waals surface area (Å²) in [5.41, 5.74) is 5.10. The number of hydrogen-bond donors (Lipinski definition) is 1. The van der Waals surface area contributed by atoms with Gasteiger partial charge in [-0.3, -0.25) is 9.59 Å². The highest BCUT2D eigenvalue weighted by Gasteiger charge is 2.38. The number of carbonyl (C=O) groups excluding carboxylic acids is 2. The largest absolute Gasteiger partial charge is 0.468 e. The zero-order valence-electron chi connectivity index (χ0n) is 9.69. The zero-order valence-corrected chi connectivity index (χ0v) is 9.69. The van der Waals surface area contributed by atoms with Crippen molar-refractivity contribution >= 4 is 11.9 Å². The molecule has 0 aromatic heterocycles. The lowest BCUT2D eigenvalue weighted by molar-refractivity contribution is -0.149. The minimum Gasteiger partial charge on any atom is -0.468 e. The molecule has 6 heteroatoms. The number of nitrogens with zero attached hydrogens (tertiary/aromatic N) is 1.